The average molecular weight is 619 g/mol. The molecule has 0 unspecified atom stereocenters. The number of benzene rings is 1. The Balaban J connectivity index is 1.09. The van der Waals surface area contributed by atoms with Gasteiger partial charge in [-0.2, -0.15) is 0 Å². The van der Waals surface area contributed by atoms with Gasteiger partial charge in [0.25, 0.3) is 0 Å². The number of hydrogen-bond donors (Lipinski definition) is 2. The Kier molecular flexibility index (Phi) is 9.11. The minimum Gasteiger partial charge on any atom is -0.463 e. The van der Waals surface area contributed by atoms with Gasteiger partial charge in [0.1, 0.15) is 12.2 Å². The molecule has 4 aliphatic rings. The van der Waals surface area contributed by atoms with E-state index in [-0.39, 0.29) is 40.9 Å². The van der Waals surface area contributed by atoms with Gasteiger partial charge in [-0.3, -0.25) is 14.4 Å². The Bertz CT molecular complexity index is 1370. The first-order valence-electron chi connectivity index (χ1n) is 17.7. The molecule has 0 spiro atoms. The fourth-order valence-electron chi connectivity index (χ4n) is 11.1. The lowest BCUT2D eigenvalue weighted by atomic mass is 9.43. The molecule has 1 aromatic heterocycles. The fraction of sp³-hybridized carbons (Fsp3) is 0.711. The van der Waals surface area contributed by atoms with Gasteiger partial charge in [0.15, 0.2) is 0 Å². The Morgan fingerprint density at radius 1 is 0.978 bits per heavy atom. The zero-order valence-corrected chi connectivity index (χ0v) is 28.0. The zero-order chi connectivity index (χ0) is 31.9. The van der Waals surface area contributed by atoms with E-state index in [1.54, 1.807) is 6.92 Å². The summed E-state index contributed by atoms with van der Waals surface area (Å²) in [5.74, 6) is 2.81. The molecule has 1 heterocycles. The number of amides is 1. The van der Waals surface area contributed by atoms with Crippen molar-refractivity contribution in [1.82, 2.24) is 10.3 Å². The molecule has 2 aromatic rings. The van der Waals surface area contributed by atoms with Crippen LogP contribution in [-0.4, -0.2) is 41.6 Å². The van der Waals surface area contributed by atoms with Gasteiger partial charge in [-0.25, -0.2) is 0 Å². The van der Waals surface area contributed by atoms with Gasteiger partial charge in [-0.05, 0) is 116 Å². The van der Waals surface area contributed by atoms with Crippen LogP contribution in [0.15, 0.2) is 30.3 Å². The smallest absolute Gasteiger partial charge is 0.302 e. The molecule has 0 bridgehead atoms. The molecule has 6 rings (SSSR count). The maximum Gasteiger partial charge on any atom is 0.302 e. The van der Waals surface area contributed by atoms with E-state index >= 15 is 0 Å². The van der Waals surface area contributed by atoms with Gasteiger partial charge in [-0.1, -0.05) is 39.0 Å². The Hall–Kier alpha value is -2.83. The number of aromatic amines is 1. The first-order chi connectivity index (χ1) is 21.5. The predicted molar refractivity (Wildman–Crippen MR) is 175 cm³/mol. The third-order valence-corrected chi connectivity index (χ3v) is 13.2. The Morgan fingerprint density at radius 2 is 1.76 bits per heavy atom. The van der Waals surface area contributed by atoms with Crippen molar-refractivity contribution in [3.05, 3.63) is 36.0 Å². The summed E-state index contributed by atoms with van der Waals surface area (Å²) in [7, 11) is 0. The van der Waals surface area contributed by atoms with Crippen molar-refractivity contribution in [2.45, 2.75) is 117 Å². The highest BCUT2D eigenvalue weighted by Crippen LogP contribution is 2.69. The summed E-state index contributed by atoms with van der Waals surface area (Å²) < 4.78 is 12.0. The maximum atomic E-state index is 12.9. The Morgan fingerprint density at radius 3 is 2.51 bits per heavy atom. The molecular weight excluding hydrogens is 564 g/mol. The molecule has 0 saturated heterocycles. The molecule has 4 saturated carbocycles. The van der Waals surface area contributed by atoms with E-state index < -0.39 is 0 Å². The van der Waals surface area contributed by atoms with E-state index in [0.717, 1.165) is 56.2 Å². The molecule has 4 fully saturated rings. The van der Waals surface area contributed by atoms with Crippen LogP contribution in [0.25, 0.3) is 10.9 Å². The van der Waals surface area contributed by atoms with Crippen LogP contribution < -0.4 is 5.32 Å². The van der Waals surface area contributed by atoms with E-state index in [2.05, 4.69) is 49.3 Å². The summed E-state index contributed by atoms with van der Waals surface area (Å²) in [5, 5.41) is 4.35. The van der Waals surface area contributed by atoms with Crippen LogP contribution >= 0.6 is 0 Å². The van der Waals surface area contributed by atoms with Crippen molar-refractivity contribution in [2.75, 3.05) is 6.54 Å². The van der Waals surface area contributed by atoms with Crippen molar-refractivity contribution < 1.29 is 23.9 Å². The van der Waals surface area contributed by atoms with Gasteiger partial charge < -0.3 is 19.8 Å². The van der Waals surface area contributed by atoms with Crippen molar-refractivity contribution in [1.29, 1.82) is 0 Å². The second-order valence-electron chi connectivity index (χ2n) is 15.5. The highest BCUT2D eigenvalue weighted by molar-refractivity contribution is 5.80. The molecule has 0 aliphatic heterocycles. The number of fused-ring (bicyclic) bond motifs is 6. The number of rotatable bonds is 9. The van der Waals surface area contributed by atoms with Crippen molar-refractivity contribution in [3.63, 3.8) is 0 Å². The standard InChI is InChI=1S/C38H54N2O5/c1-23(10-15-36(43)39-19-17-28-20-26-8-6-7-9-34(26)40-28)31-13-14-32-30-12-11-27-21-29(44-24(2)41)16-18-37(27,4)33(30)22-35(38(31,32)5)45-25(3)42/h6-9,20,23,27,29-33,35,40H,10-19,21-22H2,1-5H3,(H,39,43)/t23-,27-,29-,30+,31-,32+,33+,35+,37+,38-/m1/s1. The van der Waals surface area contributed by atoms with E-state index in [4.69, 9.17) is 9.47 Å². The number of ether oxygens (including phenoxy) is 2. The first kappa shape index (κ1) is 32.1. The third kappa shape index (κ3) is 6.17. The number of carbonyl (C=O) groups is 3. The average Bonchev–Trinajstić information content (AvgIpc) is 3.57. The van der Waals surface area contributed by atoms with Crippen molar-refractivity contribution in [3.8, 4) is 0 Å². The van der Waals surface area contributed by atoms with Crippen LogP contribution in [-0.2, 0) is 30.3 Å². The van der Waals surface area contributed by atoms with Crippen LogP contribution in [0, 0.1) is 46.3 Å². The van der Waals surface area contributed by atoms with E-state index in [1.807, 2.05) is 12.1 Å². The molecule has 246 valence electrons. The largest absolute Gasteiger partial charge is 0.463 e. The van der Waals surface area contributed by atoms with Gasteiger partial charge >= 0.3 is 11.9 Å². The van der Waals surface area contributed by atoms with Crippen LogP contribution in [0.4, 0.5) is 0 Å². The molecular formula is C38H54N2O5. The van der Waals surface area contributed by atoms with Gasteiger partial charge in [-0.15, -0.1) is 0 Å². The van der Waals surface area contributed by atoms with Gasteiger partial charge in [0.05, 0.1) is 0 Å². The highest BCUT2D eigenvalue weighted by atomic mass is 16.5. The van der Waals surface area contributed by atoms with Gasteiger partial charge in [0.2, 0.25) is 5.91 Å². The molecule has 45 heavy (non-hydrogen) atoms. The lowest BCUT2D eigenvalue weighted by Crippen LogP contribution is -2.59. The van der Waals surface area contributed by atoms with Crippen LogP contribution in [0.2, 0.25) is 0 Å². The summed E-state index contributed by atoms with van der Waals surface area (Å²) >= 11 is 0. The zero-order valence-electron chi connectivity index (χ0n) is 28.0. The van der Waals surface area contributed by atoms with E-state index in [1.165, 1.54) is 31.6 Å². The second-order valence-corrected chi connectivity index (χ2v) is 15.5. The molecule has 7 nitrogen and oxygen atoms in total. The molecule has 7 heteroatoms. The number of esters is 2. The lowest BCUT2D eigenvalue weighted by Gasteiger charge is -2.62. The Labute approximate surface area is 269 Å². The number of para-hydroxylation sites is 1. The molecule has 0 radical (unpaired) electrons. The summed E-state index contributed by atoms with van der Waals surface area (Å²) in [6.07, 6.45) is 10.7. The molecule has 1 aromatic carbocycles. The van der Waals surface area contributed by atoms with E-state index in [0.29, 0.717) is 48.5 Å². The van der Waals surface area contributed by atoms with Crippen molar-refractivity contribution in [2.24, 2.45) is 46.3 Å². The molecule has 10 atom stereocenters. The van der Waals surface area contributed by atoms with Crippen molar-refractivity contribution >= 4 is 28.7 Å². The number of carbonyl (C=O) groups excluding carboxylic acids is 3. The predicted octanol–water partition coefficient (Wildman–Crippen LogP) is 7.38. The molecule has 1 amide bonds. The highest BCUT2D eigenvalue weighted by Gasteiger charge is 2.65. The fourth-order valence-corrected chi connectivity index (χ4v) is 11.1. The molecule has 2 N–H and O–H groups in total. The SMILES string of the molecule is CC(=O)O[C@@H]1CC[C@@]2(C)[C@H](CC[C@@H]3[C@@H]2C[C@H](OC(C)=O)[C@]2(C)[C@@H]([C@H](C)CCC(=O)NCCc4cc5ccccc5[nH]4)CC[C@@H]32)C1. The summed E-state index contributed by atoms with van der Waals surface area (Å²) in [5.41, 5.74) is 2.39. The third-order valence-electron chi connectivity index (χ3n) is 13.2. The van der Waals surface area contributed by atoms with E-state index in [9.17, 15) is 14.4 Å². The number of aromatic nitrogens is 1. The minimum absolute atomic E-state index is 0.0396. The number of nitrogens with one attached hydrogen (secondary N) is 2. The maximum absolute atomic E-state index is 12.9. The number of hydrogen-bond acceptors (Lipinski definition) is 5. The van der Waals surface area contributed by atoms with Crippen LogP contribution in [0.3, 0.4) is 0 Å². The normalized spacial score (nSPS) is 36.3. The quantitative estimate of drug-likeness (QED) is 0.286. The van der Waals surface area contributed by atoms with Gasteiger partial charge in [0, 0.05) is 49.9 Å². The van der Waals surface area contributed by atoms with Crippen LogP contribution in [0.5, 0.6) is 0 Å². The van der Waals surface area contributed by atoms with Crippen LogP contribution in [0.1, 0.15) is 105 Å². The minimum atomic E-state index is -0.179. The topological polar surface area (TPSA) is 97.5 Å². The summed E-state index contributed by atoms with van der Waals surface area (Å²) in [6.45, 7) is 10.9. The first-order valence-corrected chi connectivity index (χ1v) is 17.7. The summed E-state index contributed by atoms with van der Waals surface area (Å²) in [4.78, 5) is 40.6. The molecule has 4 aliphatic carbocycles. The lowest BCUT2D eigenvalue weighted by molar-refractivity contribution is -0.197. The summed E-state index contributed by atoms with van der Waals surface area (Å²) in [6, 6.07) is 10.4. The number of H-pyrrole nitrogens is 1. The monoisotopic (exact) mass is 618 g/mol. The second kappa shape index (κ2) is 12.8.